The van der Waals surface area contributed by atoms with E-state index in [0.29, 0.717) is 5.69 Å². The zero-order chi connectivity index (χ0) is 15.6. The summed E-state index contributed by atoms with van der Waals surface area (Å²) in [6.07, 6.45) is -3.29. The van der Waals surface area contributed by atoms with E-state index in [2.05, 4.69) is 26.2 Å². The molecule has 0 atom stereocenters. The summed E-state index contributed by atoms with van der Waals surface area (Å²) in [6.45, 7) is 0. The number of hydrogen-bond donors (Lipinski definition) is 2. The molecule has 0 spiro atoms. The van der Waals surface area contributed by atoms with Crippen LogP contribution in [0.25, 0.3) is 0 Å². The average molecular weight is 360 g/mol. The van der Waals surface area contributed by atoms with Crippen molar-refractivity contribution in [3.05, 3.63) is 52.3 Å². The van der Waals surface area contributed by atoms with E-state index < -0.39 is 17.6 Å². The summed E-state index contributed by atoms with van der Waals surface area (Å²) < 4.78 is 39.1. The molecule has 0 radical (unpaired) electrons. The molecule has 0 aliphatic heterocycles. The predicted molar refractivity (Wildman–Crippen MR) is 75.7 cm³/mol. The monoisotopic (exact) mass is 359 g/mol. The number of amides is 1. The van der Waals surface area contributed by atoms with Gasteiger partial charge >= 0.3 is 6.18 Å². The van der Waals surface area contributed by atoms with Gasteiger partial charge in [-0.1, -0.05) is 15.9 Å². The Kier molecular flexibility index (Phi) is 4.17. The lowest BCUT2D eigenvalue weighted by atomic mass is 10.1. The first-order valence-corrected chi connectivity index (χ1v) is 6.46. The lowest BCUT2D eigenvalue weighted by Crippen LogP contribution is -2.17. The van der Waals surface area contributed by atoms with Crippen LogP contribution < -0.4 is 11.1 Å². The fraction of sp³-hybridized carbons (Fsp3) is 0.0769. The quantitative estimate of drug-likeness (QED) is 0.858. The number of aromatic nitrogens is 1. The van der Waals surface area contributed by atoms with Gasteiger partial charge in [-0.15, -0.1) is 0 Å². The van der Waals surface area contributed by atoms with Crippen LogP contribution in [0.2, 0.25) is 0 Å². The van der Waals surface area contributed by atoms with Gasteiger partial charge in [0, 0.05) is 16.4 Å². The van der Waals surface area contributed by atoms with Gasteiger partial charge in [0.1, 0.15) is 5.69 Å². The van der Waals surface area contributed by atoms with E-state index in [-0.39, 0.29) is 15.9 Å². The molecule has 1 heterocycles. The highest BCUT2D eigenvalue weighted by Gasteiger charge is 2.34. The Morgan fingerprint density at radius 3 is 2.57 bits per heavy atom. The maximum absolute atomic E-state index is 12.9. The Hall–Kier alpha value is -2.09. The number of alkyl halides is 3. The summed E-state index contributed by atoms with van der Waals surface area (Å²) in [7, 11) is 0. The normalized spacial score (nSPS) is 11.2. The molecule has 0 saturated carbocycles. The van der Waals surface area contributed by atoms with Crippen LogP contribution in [0, 0.1) is 0 Å². The molecule has 3 N–H and O–H groups in total. The zero-order valence-electron chi connectivity index (χ0n) is 10.4. The maximum Gasteiger partial charge on any atom is 0.418 e. The second-order valence-electron chi connectivity index (χ2n) is 4.12. The number of nitrogens with one attached hydrogen (secondary N) is 1. The molecule has 0 aliphatic carbocycles. The minimum Gasteiger partial charge on any atom is -0.399 e. The van der Waals surface area contributed by atoms with Crippen molar-refractivity contribution >= 4 is 33.2 Å². The lowest BCUT2D eigenvalue weighted by Gasteiger charge is -2.14. The molecule has 8 heteroatoms. The molecule has 0 bridgehead atoms. The van der Waals surface area contributed by atoms with Crippen LogP contribution in [0.5, 0.6) is 0 Å². The number of nitrogens with two attached hydrogens (primary N) is 1. The second-order valence-corrected chi connectivity index (χ2v) is 5.03. The number of nitrogens with zero attached hydrogens (tertiary/aromatic N) is 1. The summed E-state index contributed by atoms with van der Waals surface area (Å²) in [5.74, 6) is -0.768. The third-order valence-electron chi connectivity index (χ3n) is 2.55. The number of hydrogen-bond acceptors (Lipinski definition) is 3. The van der Waals surface area contributed by atoms with Gasteiger partial charge in [0.05, 0.1) is 11.3 Å². The second kappa shape index (κ2) is 5.72. The molecular weight excluding hydrogens is 351 g/mol. The maximum atomic E-state index is 12.9. The molecular formula is C13H9BrF3N3O. The number of nitrogen functional groups attached to an aromatic ring is 1. The van der Waals surface area contributed by atoms with Crippen molar-refractivity contribution in [2.75, 3.05) is 11.1 Å². The number of carbonyl (C=O) groups is 1. The van der Waals surface area contributed by atoms with Crippen LogP contribution in [0.1, 0.15) is 16.1 Å². The van der Waals surface area contributed by atoms with Gasteiger partial charge in [0.25, 0.3) is 5.91 Å². The van der Waals surface area contributed by atoms with Crippen molar-refractivity contribution in [2.24, 2.45) is 0 Å². The van der Waals surface area contributed by atoms with Crippen molar-refractivity contribution in [1.29, 1.82) is 0 Å². The van der Waals surface area contributed by atoms with Crippen LogP contribution in [-0.2, 0) is 6.18 Å². The Bertz CT molecular complexity index is 689. The molecule has 110 valence electrons. The highest BCUT2D eigenvalue weighted by atomic mass is 79.9. The number of carbonyl (C=O) groups excluding carboxylic acids is 1. The Labute approximate surface area is 126 Å². The molecule has 2 aromatic rings. The highest BCUT2D eigenvalue weighted by molar-refractivity contribution is 9.10. The van der Waals surface area contributed by atoms with Gasteiger partial charge in [0.2, 0.25) is 0 Å². The van der Waals surface area contributed by atoms with E-state index in [1.807, 2.05) is 0 Å². The van der Waals surface area contributed by atoms with Gasteiger partial charge in [-0.25, -0.2) is 0 Å². The summed E-state index contributed by atoms with van der Waals surface area (Å²) >= 11 is 2.97. The van der Waals surface area contributed by atoms with Gasteiger partial charge in [-0.05, 0) is 30.3 Å². The molecule has 1 aromatic carbocycles. The summed E-state index contributed by atoms with van der Waals surface area (Å²) in [5, 5.41) is 2.19. The van der Waals surface area contributed by atoms with Crippen molar-refractivity contribution < 1.29 is 18.0 Å². The van der Waals surface area contributed by atoms with Gasteiger partial charge < -0.3 is 11.1 Å². The molecule has 4 nitrogen and oxygen atoms in total. The van der Waals surface area contributed by atoms with Crippen molar-refractivity contribution in [2.45, 2.75) is 6.18 Å². The largest absolute Gasteiger partial charge is 0.418 e. The molecule has 1 aromatic heterocycles. The van der Waals surface area contributed by atoms with Crippen LogP contribution in [0.15, 0.2) is 41.0 Å². The number of pyridine rings is 1. The first-order valence-electron chi connectivity index (χ1n) is 5.67. The lowest BCUT2D eigenvalue weighted by molar-refractivity contribution is -0.136. The van der Waals surface area contributed by atoms with Crippen molar-refractivity contribution in [1.82, 2.24) is 4.98 Å². The number of rotatable bonds is 2. The first-order chi connectivity index (χ1) is 9.77. The summed E-state index contributed by atoms with van der Waals surface area (Å²) in [6, 6.07) is 6.20. The highest BCUT2D eigenvalue weighted by Crippen LogP contribution is 2.36. The van der Waals surface area contributed by atoms with E-state index in [9.17, 15) is 18.0 Å². The first kappa shape index (κ1) is 15.3. The van der Waals surface area contributed by atoms with Crippen LogP contribution in [-0.4, -0.2) is 10.9 Å². The topological polar surface area (TPSA) is 68.0 Å². The minimum atomic E-state index is -4.59. The van der Waals surface area contributed by atoms with Crippen LogP contribution in [0.4, 0.5) is 24.5 Å². The van der Waals surface area contributed by atoms with Gasteiger partial charge in [0.15, 0.2) is 0 Å². The summed E-state index contributed by atoms with van der Waals surface area (Å²) in [5.41, 5.74) is 4.44. The zero-order valence-corrected chi connectivity index (χ0v) is 12.0. The van der Waals surface area contributed by atoms with Gasteiger partial charge in [-0.2, -0.15) is 13.2 Å². The average Bonchev–Trinajstić information content (AvgIpc) is 2.39. The fourth-order valence-corrected chi connectivity index (χ4v) is 1.98. The Morgan fingerprint density at radius 2 is 1.95 bits per heavy atom. The molecule has 1 amide bonds. The van der Waals surface area contributed by atoms with E-state index in [1.54, 1.807) is 0 Å². The Balaban J connectivity index is 2.34. The molecule has 0 saturated heterocycles. The third kappa shape index (κ3) is 3.72. The fourth-order valence-electron chi connectivity index (χ4n) is 1.62. The molecule has 0 aliphatic rings. The smallest absolute Gasteiger partial charge is 0.399 e. The van der Waals surface area contributed by atoms with E-state index in [0.717, 1.165) is 12.1 Å². The van der Waals surface area contributed by atoms with E-state index in [4.69, 9.17) is 5.73 Å². The standard InChI is InChI=1S/C13H9BrF3N3O/c14-7-1-2-10(9(5-7)13(15,16)17)20-12(21)11-6-8(18)3-4-19-11/h1-6H,(H2,18,19)(H,20,21). The minimum absolute atomic E-state index is 0.0638. The van der Waals surface area contributed by atoms with Crippen LogP contribution in [0.3, 0.4) is 0 Å². The number of benzene rings is 1. The van der Waals surface area contributed by atoms with Crippen molar-refractivity contribution in [3.63, 3.8) is 0 Å². The number of anilines is 2. The summed E-state index contributed by atoms with van der Waals surface area (Å²) in [4.78, 5) is 15.7. The molecule has 2 rings (SSSR count). The molecule has 0 unspecified atom stereocenters. The Morgan fingerprint density at radius 1 is 1.24 bits per heavy atom. The SMILES string of the molecule is Nc1ccnc(C(=O)Nc2ccc(Br)cc2C(F)(F)F)c1. The van der Waals surface area contributed by atoms with E-state index >= 15 is 0 Å². The third-order valence-corrected chi connectivity index (χ3v) is 3.05. The molecule has 0 fully saturated rings. The van der Waals surface area contributed by atoms with E-state index in [1.165, 1.54) is 24.4 Å². The number of halogens is 4. The van der Waals surface area contributed by atoms with Gasteiger partial charge in [-0.3, -0.25) is 9.78 Å². The predicted octanol–water partition coefficient (Wildman–Crippen LogP) is 3.70. The van der Waals surface area contributed by atoms with Crippen molar-refractivity contribution in [3.8, 4) is 0 Å². The van der Waals surface area contributed by atoms with Crippen LogP contribution >= 0.6 is 15.9 Å². The molecule has 21 heavy (non-hydrogen) atoms.